The lowest BCUT2D eigenvalue weighted by Crippen LogP contribution is -2.44. The number of aromatic nitrogens is 2. The molecule has 0 radical (unpaired) electrons. The molecule has 1 aliphatic carbocycles. The van der Waals surface area contributed by atoms with E-state index in [4.69, 9.17) is 0 Å². The number of benzene rings is 1. The van der Waals surface area contributed by atoms with Gasteiger partial charge in [-0.25, -0.2) is 9.97 Å². The molecule has 4 rings (SSSR count). The Kier molecular flexibility index (Phi) is 4.67. The Morgan fingerprint density at radius 1 is 1.04 bits per heavy atom. The van der Waals surface area contributed by atoms with Gasteiger partial charge in [-0.2, -0.15) is 13.2 Å². The number of halogens is 3. The molecule has 1 aliphatic heterocycles. The van der Waals surface area contributed by atoms with Crippen LogP contribution in [0, 0.1) is 0 Å². The Bertz CT molecular complexity index is 794. The summed E-state index contributed by atoms with van der Waals surface area (Å²) in [6.07, 6.45) is -0.541. The zero-order valence-corrected chi connectivity index (χ0v) is 15.1. The van der Waals surface area contributed by atoms with E-state index >= 15 is 0 Å². The molecule has 1 N–H and O–H groups in total. The molecule has 1 saturated carbocycles. The number of hydrogen-bond donors (Lipinski definition) is 1. The van der Waals surface area contributed by atoms with E-state index in [2.05, 4.69) is 44.3 Å². The van der Waals surface area contributed by atoms with Gasteiger partial charge in [0, 0.05) is 49.9 Å². The molecule has 2 heterocycles. The third-order valence-electron chi connectivity index (χ3n) is 5.15. The zero-order chi connectivity index (χ0) is 19.0. The second-order valence-electron chi connectivity index (χ2n) is 7.25. The summed E-state index contributed by atoms with van der Waals surface area (Å²) in [7, 11) is 2.13. The van der Waals surface area contributed by atoms with E-state index < -0.39 is 11.7 Å². The topological polar surface area (TPSA) is 44.3 Å². The fraction of sp³-hybridized carbons (Fsp3) is 0.474. The molecule has 2 aromatic rings. The maximum absolute atomic E-state index is 12.7. The van der Waals surface area contributed by atoms with E-state index in [9.17, 15) is 13.2 Å². The summed E-state index contributed by atoms with van der Waals surface area (Å²) in [6, 6.07) is 6.25. The third kappa shape index (κ3) is 4.16. The summed E-state index contributed by atoms with van der Waals surface area (Å²) in [6.45, 7) is 4.07. The number of anilines is 3. The van der Waals surface area contributed by atoms with Gasteiger partial charge in [0.25, 0.3) is 0 Å². The number of likely N-dealkylation sites (N-methyl/N-ethyl adjacent to an activating group) is 1. The first kappa shape index (κ1) is 18.0. The van der Waals surface area contributed by atoms with Gasteiger partial charge in [-0.1, -0.05) is 0 Å². The lowest BCUT2D eigenvalue weighted by Gasteiger charge is -2.34. The molecule has 0 atom stereocenters. The Hall–Kier alpha value is -2.35. The van der Waals surface area contributed by atoms with E-state index in [1.807, 2.05) is 6.07 Å². The van der Waals surface area contributed by atoms with E-state index in [0.29, 0.717) is 5.92 Å². The zero-order valence-electron chi connectivity index (χ0n) is 15.1. The van der Waals surface area contributed by atoms with Crippen molar-refractivity contribution < 1.29 is 13.2 Å². The fourth-order valence-electron chi connectivity index (χ4n) is 3.32. The maximum atomic E-state index is 12.7. The van der Waals surface area contributed by atoms with Crippen LogP contribution in [0.15, 0.2) is 30.6 Å². The van der Waals surface area contributed by atoms with Crippen molar-refractivity contribution >= 4 is 17.3 Å². The van der Waals surface area contributed by atoms with Crippen molar-refractivity contribution in [1.82, 2.24) is 14.9 Å². The van der Waals surface area contributed by atoms with Crippen LogP contribution in [-0.2, 0) is 6.18 Å². The Balaban J connectivity index is 1.54. The van der Waals surface area contributed by atoms with Crippen LogP contribution in [0.4, 0.5) is 30.5 Å². The van der Waals surface area contributed by atoms with E-state index in [0.717, 1.165) is 57.1 Å². The van der Waals surface area contributed by atoms with Crippen molar-refractivity contribution in [3.05, 3.63) is 41.7 Å². The highest BCUT2D eigenvalue weighted by atomic mass is 19.4. The van der Waals surface area contributed by atoms with Crippen LogP contribution in [0.5, 0.6) is 0 Å². The van der Waals surface area contributed by atoms with Gasteiger partial charge in [-0.3, -0.25) is 0 Å². The van der Waals surface area contributed by atoms with Gasteiger partial charge in [-0.05, 0) is 49.6 Å². The average molecular weight is 377 g/mol. The Morgan fingerprint density at radius 3 is 2.30 bits per heavy atom. The summed E-state index contributed by atoms with van der Waals surface area (Å²) in [4.78, 5) is 12.3. The summed E-state index contributed by atoms with van der Waals surface area (Å²) >= 11 is 0. The van der Waals surface area contributed by atoms with Crippen molar-refractivity contribution in [2.45, 2.75) is 24.9 Å². The number of nitrogens with one attached hydrogen (secondary N) is 1. The lowest BCUT2D eigenvalue weighted by molar-refractivity contribution is -0.138. The number of nitrogens with zero attached hydrogens (tertiary/aromatic N) is 4. The number of alkyl halides is 3. The van der Waals surface area contributed by atoms with Crippen LogP contribution in [0.3, 0.4) is 0 Å². The summed E-state index contributed by atoms with van der Waals surface area (Å²) in [5, 5.41) is 3.09. The van der Waals surface area contributed by atoms with Crippen molar-refractivity contribution in [3.8, 4) is 0 Å². The molecule has 0 bridgehead atoms. The molecule has 0 spiro atoms. The third-order valence-corrected chi connectivity index (χ3v) is 5.15. The predicted molar refractivity (Wildman–Crippen MR) is 98.4 cm³/mol. The smallest absolute Gasteiger partial charge is 0.369 e. The van der Waals surface area contributed by atoms with E-state index in [1.165, 1.54) is 11.3 Å². The minimum Gasteiger partial charge on any atom is -0.369 e. The number of rotatable bonds is 4. The monoisotopic (exact) mass is 377 g/mol. The van der Waals surface area contributed by atoms with Gasteiger partial charge >= 0.3 is 6.18 Å². The molecule has 1 aromatic carbocycles. The quantitative estimate of drug-likeness (QED) is 0.876. The molecule has 144 valence electrons. The molecular weight excluding hydrogens is 355 g/mol. The normalized spacial score (nSPS) is 18.6. The van der Waals surface area contributed by atoms with Gasteiger partial charge in [0.1, 0.15) is 0 Å². The van der Waals surface area contributed by atoms with Crippen molar-refractivity contribution in [2.24, 2.45) is 0 Å². The van der Waals surface area contributed by atoms with Gasteiger partial charge in [0.05, 0.1) is 5.56 Å². The molecule has 8 heteroatoms. The van der Waals surface area contributed by atoms with Crippen LogP contribution in [0.2, 0.25) is 0 Å². The molecule has 1 saturated heterocycles. The molecular formula is C19H22F3N5. The highest BCUT2D eigenvalue weighted by Crippen LogP contribution is 2.45. The molecule has 0 unspecified atom stereocenters. The predicted octanol–water partition coefficient (Wildman–Crippen LogP) is 3.87. The Morgan fingerprint density at radius 2 is 1.70 bits per heavy atom. The van der Waals surface area contributed by atoms with E-state index in [-0.39, 0.29) is 5.95 Å². The SMILES string of the molecule is CN1CCN(c2ccc(Nc3ncc(C(F)(F)F)cn3)c(C3CC3)c2)CC1. The first-order valence-corrected chi connectivity index (χ1v) is 9.14. The molecule has 1 aromatic heterocycles. The van der Waals surface area contributed by atoms with Crippen LogP contribution in [0.25, 0.3) is 0 Å². The second-order valence-corrected chi connectivity index (χ2v) is 7.25. The molecule has 2 aliphatic rings. The first-order valence-electron chi connectivity index (χ1n) is 9.14. The summed E-state index contributed by atoms with van der Waals surface area (Å²) in [5.41, 5.74) is 2.41. The molecule has 2 fully saturated rings. The largest absolute Gasteiger partial charge is 0.419 e. The molecule has 5 nitrogen and oxygen atoms in total. The minimum atomic E-state index is -4.43. The number of hydrogen-bond acceptors (Lipinski definition) is 5. The first-order chi connectivity index (χ1) is 12.9. The lowest BCUT2D eigenvalue weighted by atomic mass is 10.1. The Labute approximate surface area is 156 Å². The number of piperazine rings is 1. The fourth-order valence-corrected chi connectivity index (χ4v) is 3.32. The maximum Gasteiger partial charge on any atom is 0.419 e. The van der Waals surface area contributed by atoms with E-state index in [1.54, 1.807) is 0 Å². The molecule has 27 heavy (non-hydrogen) atoms. The average Bonchev–Trinajstić information content (AvgIpc) is 3.48. The second kappa shape index (κ2) is 6.99. The van der Waals surface area contributed by atoms with Crippen LogP contribution >= 0.6 is 0 Å². The van der Waals surface area contributed by atoms with Crippen molar-refractivity contribution in [1.29, 1.82) is 0 Å². The van der Waals surface area contributed by atoms with Crippen LogP contribution < -0.4 is 10.2 Å². The highest BCUT2D eigenvalue weighted by Gasteiger charge is 2.31. The minimum absolute atomic E-state index is 0.178. The highest BCUT2D eigenvalue weighted by molar-refractivity contribution is 5.66. The van der Waals surface area contributed by atoms with Crippen molar-refractivity contribution in [3.63, 3.8) is 0 Å². The van der Waals surface area contributed by atoms with Crippen LogP contribution in [-0.4, -0.2) is 48.1 Å². The van der Waals surface area contributed by atoms with Crippen LogP contribution in [0.1, 0.15) is 29.9 Å². The standard InChI is InChI=1S/C19H22F3N5/c1-26-6-8-27(9-7-26)15-4-5-17(16(10-15)13-2-3-13)25-18-23-11-14(12-24-18)19(20,21)22/h4-5,10-13H,2-3,6-9H2,1H3,(H,23,24,25). The summed E-state index contributed by atoms with van der Waals surface area (Å²) < 4.78 is 38.0. The van der Waals surface area contributed by atoms with Gasteiger partial charge < -0.3 is 15.1 Å². The van der Waals surface area contributed by atoms with Crippen molar-refractivity contribution in [2.75, 3.05) is 43.4 Å². The summed E-state index contributed by atoms with van der Waals surface area (Å²) in [5.74, 6) is 0.673. The van der Waals surface area contributed by atoms with Gasteiger partial charge in [0.15, 0.2) is 0 Å². The molecule has 0 amide bonds. The van der Waals surface area contributed by atoms with Gasteiger partial charge in [-0.15, -0.1) is 0 Å². The van der Waals surface area contributed by atoms with Gasteiger partial charge in [0.2, 0.25) is 5.95 Å².